The average molecular weight is 861 g/mol. The molecule has 5 aromatic carbocycles. The minimum absolute atomic E-state index is 0.0952. The molecule has 2 N–H and O–H groups in total. The summed E-state index contributed by atoms with van der Waals surface area (Å²) in [6.07, 6.45) is -13.9. The third kappa shape index (κ3) is 11.0. The van der Waals surface area contributed by atoms with E-state index in [1.165, 1.54) is 48.5 Å². The second-order valence-corrected chi connectivity index (χ2v) is 14.7. The number of esters is 5. The number of rotatable bonds is 14. The molecule has 2 heterocycles. The van der Waals surface area contributed by atoms with Crippen LogP contribution in [-0.4, -0.2) is 109 Å². The number of carbonyl (C=O) groups excluding carboxylic acids is 5. The van der Waals surface area contributed by atoms with Crippen molar-refractivity contribution in [3.05, 3.63) is 179 Å². The summed E-state index contributed by atoms with van der Waals surface area (Å²) in [5, 5.41) is 23.0. The van der Waals surface area contributed by atoms with Crippen LogP contribution in [-0.2, 0) is 37.9 Å². The largest absolute Gasteiger partial charge is 0.459 e. The standard InChI is InChI=1S/C48H44O15/c1-29-37(49)35(27-56-42(50)30-17-7-2-8-18-30)59-48(38(29)60-43(51)31-19-9-3-10-20-31)57-28-36-39(61-44(52)32-21-11-4-12-22-32)40(62-45(53)33-23-13-5-14-24-33)41(47(55)58-36)63-46(54)34-25-15-6-16-26-34/h2-26,29,35-41,47-49,55H,27-28H2,1H3/t29-,35+,36+,37-,38+,39+,40-,41+,47+,48+/m0/s1. The molecule has 0 radical (unpaired) electrons. The highest BCUT2D eigenvalue weighted by atomic mass is 16.7. The Morgan fingerprint density at radius 3 is 1.24 bits per heavy atom. The van der Waals surface area contributed by atoms with Crippen molar-refractivity contribution in [2.75, 3.05) is 13.2 Å². The topological polar surface area (TPSA) is 200 Å². The first-order chi connectivity index (χ1) is 30.6. The van der Waals surface area contributed by atoms with Crippen molar-refractivity contribution in [1.82, 2.24) is 0 Å². The summed E-state index contributed by atoms with van der Waals surface area (Å²) in [7, 11) is 0. The van der Waals surface area contributed by atoms with Gasteiger partial charge in [0.1, 0.15) is 18.8 Å². The molecule has 0 amide bonds. The Morgan fingerprint density at radius 2 is 0.810 bits per heavy atom. The molecule has 15 nitrogen and oxygen atoms in total. The van der Waals surface area contributed by atoms with Crippen molar-refractivity contribution in [3.8, 4) is 0 Å². The fourth-order valence-electron chi connectivity index (χ4n) is 7.05. The van der Waals surface area contributed by atoms with Crippen LogP contribution in [0.5, 0.6) is 0 Å². The average Bonchev–Trinajstić information content (AvgIpc) is 3.33. The molecule has 0 bridgehead atoms. The van der Waals surface area contributed by atoms with Crippen molar-refractivity contribution in [3.63, 3.8) is 0 Å². The zero-order valence-electron chi connectivity index (χ0n) is 33.8. The first kappa shape index (κ1) is 44.3. The van der Waals surface area contributed by atoms with E-state index in [9.17, 15) is 34.2 Å². The lowest BCUT2D eigenvalue weighted by atomic mass is 9.90. The summed E-state index contributed by atoms with van der Waals surface area (Å²) in [5.74, 6) is -5.03. The van der Waals surface area contributed by atoms with E-state index in [0.29, 0.717) is 0 Å². The molecule has 2 saturated heterocycles. The lowest BCUT2D eigenvalue weighted by molar-refractivity contribution is -0.317. The maximum atomic E-state index is 13.8. The lowest BCUT2D eigenvalue weighted by Gasteiger charge is -2.45. The van der Waals surface area contributed by atoms with E-state index in [2.05, 4.69) is 0 Å². The Hall–Kier alpha value is -6.75. The van der Waals surface area contributed by atoms with Crippen molar-refractivity contribution in [1.29, 1.82) is 0 Å². The number of carbonyl (C=O) groups is 5. The Bertz CT molecular complexity index is 2290. The summed E-state index contributed by atoms with van der Waals surface area (Å²) in [6, 6.07) is 39.9. The third-order valence-electron chi connectivity index (χ3n) is 10.4. The number of hydrogen-bond acceptors (Lipinski definition) is 15. The summed E-state index contributed by atoms with van der Waals surface area (Å²) in [5.41, 5.74) is 0.763. The molecule has 0 spiro atoms. The zero-order valence-corrected chi connectivity index (χ0v) is 33.8. The fourth-order valence-corrected chi connectivity index (χ4v) is 7.05. The SMILES string of the molecule is C[C@H]1[C@H](O)[C@@H](COC(=O)c2ccccc2)O[C@@H](OC[C@H]2O[C@@H](O)[C@H](OC(=O)c3ccccc3)[C@@H](OC(=O)c3ccccc3)[C@@H]2OC(=O)c2ccccc2)[C@@H]1OC(=O)c1ccccc1. The predicted octanol–water partition coefficient (Wildman–Crippen LogP) is 5.20. The summed E-state index contributed by atoms with van der Waals surface area (Å²) < 4.78 is 47.5. The minimum atomic E-state index is -1.99. The van der Waals surface area contributed by atoms with E-state index < -0.39 is 104 Å². The van der Waals surface area contributed by atoms with E-state index in [1.807, 2.05) is 0 Å². The van der Waals surface area contributed by atoms with Crippen LogP contribution < -0.4 is 0 Å². The van der Waals surface area contributed by atoms with Gasteiger partial charge in [-0.05, 0) is 60.7 Å². The van der Waals surface area contributed by atoms with E-state index in [-0.39, 0.29) is 27.8 Å². The smallest absolute Gasteiger partial charge is 0.338 e. The predicted molar refractivity (Wildman–Crippen MR) is 220 cm³/mol. The molecule has 2 aliphatic heterocycles. The molecular formula is C48H44O15. The summed E-state index contributed by atoms with van der Waals surface area (Å²) in [6.45, 7) is 0.556. The molecule has 0 aromatic heterocycles. The molecule has 15 heteroatoms. The highest BCUT2D eigenvalue weighted by molar-refractivity contribution is 5.92. The van der Waals surface area contributed by atoms with Gasteiger partial charge in [0.15, 0.2) is 37.0 Å². The molecule has 10 atom stereocenters. The monoisotopic (exact) mass is 860 g/mol. The van der Waals surface area contributed by atoms with Gasteiger partial charge in [0.05, 0.1) is 40.5 Å². The normalized spacial score (nSPS) is 25.4. The zero-order chi connectivity index (χ0) is 44.3. The molecule has 5 aromatic rings. The maximum Gasteiger partial charge on any atom is 0.338 e. The maximum absolute atomic E-state index is 13.8. The Morgan fingerprint density at radius 1 is 0.444 bits per heavy atom. The molecule has 0 unspecified atom stereocenters. The Balaban J connectivity index is 1.19. The van der Waals surface area contributed by atoms with Crippen LogP contribution >= 0.6 is 0 Å². The fraction of sp³-hybridized carbons (Fsp3) is 0.271. The van der Waals surface area contributed by atoms with Gasteiger partial charge in [-0.1, -0.05) is 97.9 Å². The number of aliphatic hydroxyl groups excluding tert-OH is 2. The van der Waals surface area contributed by atoms with Crippen LogP contribution in [0.2, 0.25) is 0 Å². The molecule has 2 aliphatic rings. The summed E-state index contributed by atoms with van der Waals surface area (Å²) >= 11 is 0. The van der Waals surface area contributed by atoms with Crippen LogP contribution in [0.4, 0.5) is 0 Å². The third-order valence-corrected chi connectivity index (χ3v) is 10.4. The van der Waals surface area contributed by atoms with Gasteiger partial charge in [-0.2, -0.15) is 0 Å². The first-order valence-corrected chi connectivity index (χ1v) is 20.1. The van der Waals surface area contributed by atoms with Crippen LogP contribution in [0.3, 0.4) is 0 Å². The highest BCUT2D eigenvalue weighted by Crippen LogP contribution is 2.34. The van der Waals surface area contributed by atoms with Crippen LogP contribution in [0, 0.1) is 5.92 Å². The second-order valence-electron chi connectivity index (χ2n) is 14.7. The lowest BCUT2D eigenvalue weighted by Crippen LogP contribution is -2.63. The molecule has 7 rings (SSSR count). The van der Waals surface area contributed by atoms with Crippen LogP contribution in [0.1, 0.15) is 58.7 Å². The van der Waals surface area contributed by atoms with Crippen molar-refractivity contribution in [2.45, 2.75) is 62.2 Å². The number of benzene rings is 5. The van der Waals surface area contributed by atoms with Gasteiger partial charge in [0.2, 0.25) is 0 Å². The van der Waals surface area contributed by atoms with E-state index in [4.69, 9.17) is 37.9 Å². The van der Waals surface area contributed by atoms with Gasteiger partial charge in [-0.3, -0.25) is 0 Å². The van der Waals surface area contributed by atoms with E-state index >= 15 is 0 Å². The number of aliphatic hydroxyl groups is 2. The minimum Gasteiger partial charge on any atom is -0.459 e. The Kier molecular flexibility index (Phi) is 14.7. The van der Waals surface area contributed by atoms with Crippen LogP contribution in [0.15, 0.2) is 152 Å². The van der Waals surface area contributed by atoms with Gasteiger partial charge in [-0.25, -0.2) is 24.0 Å². The molecule has 63 heavy (non-hydrogen) atoms. The van der Waals surface area contributed by atoms with E-state index in [0.717, 1.165) is 0 Å². The first-order valence-electron chi connectivity index (χ1n) is 20.1. The molecule has 0 aliphatic carbocycles. The molecule has 0 saturated carbocycles. The quantitative estimate of drug-likeness (QED) is 0.109. The summed E-state index contributed by atoms with van der Waals surface area (Å²) in [4.78, 5) is 67.2. The molecular weight excluding hydrogens is 817 g/mol. The number of ether oxygens (including phenoxy) is 8. The highest BCUT2D eigenvalue weighted by Gasteiger charge is 2.54. The molecule has 2 fully saturated rings. The Labute approximate surface area is 362 Å². The van der Waals surface area contributed by atoms with Gasteiger partial charge in [-0.15, -0.1) is 0 Å². The van der Waals surface area contributed by atoms with Gasteiger partial charge >= 0.3 is 29.8 Å². The van der Waals surface area contributed by atoms with Gasteiger partial charge in [0, 0.05) is 5.92 Å². The van der Waals surface area contributed by atoms with Gasteiger partial charge in [0.25, 0.3) is 0 Å². The second kappa shape index (κ2) is 20.9. The molecule has 326 valence electrons. The van der Waals surface area contributed by atoms with Crippen molar-refractivity contribution < 1.29 is 72.1 Å². The van der Waals surface area contributed by atoms with Crippen molar-refractivity contribution in [2.24, 2.45) is 5.92 Å². The van der Waals surface area contributed by atoms with E-state index in [1.54, 1.807) is 110 Å². The number of hydrogen-bond donors (Lipinski definition) is 2. The van der Waals surface area contributed by atoms with Crippen molar-refractivity contribution >= 4 is 29.8 Å². The van der Waals surface area contributed by atoms with Crippen LogP contribution in [0.25, 0.3) is 0 Å². The van der Waals surface area contributed by atoms with Gasteiger partial charge < -0.3 is 48.1 Å².